The highest BCUT2D eigenvalue weighted by Gasteiger charge is 2.10. The molecule has 0 aliphatic carbocycles. The molecule has 0 saturated heterocycles. The smallest absolute Gasteiger partial charge is 0.171 e. The van der Waals surface area contributed by atoms with Gasteiger partial charge in [-0.15, -0.1) is 0 Å². The summed E-state index contributed by atoms with van der Waals surface area (Å²) in [4.78, 5) is 0. The molecule has 2 aromatic rings. The van der Waals surface area contributed by atoms with Crippen LogP contribution in [-0.2, 0) is 6.42 Å². The minimum Gasteiger partial charge on any atom is -0.394 e. The van der Waals surface area contributed by atoms with Crippen LogP contribution in [-0.4, -0.2) is 22.9 Å². The molecular weight excluding hydrogens is 304 g/mol. The molecule has 21 heavy (non-hydrogen) atoms. The molecule has 3 nitrogen and oxygen atoms in total. The second-order valence-electron chi connectivity index (χ2n) is 4.67. The van der Waals surface area contributed by atoms with Crippen molar-refractivity contribution in [3.05, 3.63) is 65.2 Å². The Labute approximate surface area is 135 Å². The molecule has 1 atom stereocenters. The summed E-state index contributed by atoms with van der Waals surface area (Å²) in [6.45, 7) is 0.0112. The number of hydrogen-bond donors (Lipinski definition) is 3. The molecule has 0 bridgehead atoms. The van der Waals surface area contributed by atoms with E-state index in [-0.39, 0.29) is 12.6 Å². The first-order valence-corrected chi connectivity index (χ1v) is 7.44. The lowest BCUT2D eigenvalue weighted by atomic mass is 10.1. The lowest BCUT2D eigenvalue weighted by Crippen LogP contribution is -2.41. The minimum absolute atomic E-state index is 0.0112. The van der Waals surface area contributed by atoms with Crippen LogP contribution in [0.1, 0.15) is 5.56 Å². The van der Waals surface area contributed by atoms with E-state index in [0.717, 1.165) is 11.3 Å². The third-order valence-electron chi connectivity index (χ3n) is 2.98. The molecule has 0 aliphatic rings. The normalized spacial score (nSPS) is 11.7. The Kier molecular flexibility index (Phi) is 5.99. The maximum absolute atomic E-state index is 9.47. The van der Waals surface area contributed by atoms with E-state index in [1.54, 1.807) is 12.1 Å². The quantitative estimate of drug-likeness (QED) is 0.740. The Morgan fingerprint density at radius 3 is 2.38 bits per heavy atom. The Morgan fingerprint density at radius 2 is 1.76 bits per heavy atom. The lowest BCUT2D eigenvalue weighted by molar-refractivity contribution is 0.255. The molecule has 0 amide bonds. The fourth-order valence-corrected chi connectivity index (χ4v) is 2.36. The van der Waals surface area contributed by atoms with Crippen molar-refractivity contribution < 1.29 is 5.11 Å². The van der Waals surface area contributed by atoms with Crippen molar-refractivity contribution in [2.24, 2.45) is 0 Å². The Hall–Kier alpha value is -1.62. The summed E-state index contributed by atoms with van der Waals surface area (Å²) >= 11 is 11.1. The van der Waals surface area contributed by atoms with Crippen molar-refractivity contribution >= 4 is 34.6 Å². The van der Waals surface area contributed by atoms with Crippen LogP contribution in [0.2, 0.25) is 5.02 Å². The molecule has 0 radical (unpaired) electrons. The van der Waals surface area contributed by atoms with Gasteiger partial charge in [-0.1, -0.05) is 41.9 Å². The van der Waals surface area contributed by atoms with Gasteiger partial charge >= 0.3 is 0 Å². The third kappa shape index (κ3) is 5.34. The molecule has 3 N–H and O–H groups in total. The first-order chi connectivity index (χ1) is 10.2. The van der Waals surface area contributed by atoms with Crippen LogP contribution in [0.25, 0.3) is 0 Å². The first kappa shape index (κ1) is 15.8. The standard InChI is InChI=1S/C16H17ClN2OS/c17-13-6-8-14(9-7-13)18-16(21)19-15(11-20)10-12-4-2-1-3-5-12/h1-9,15,20H,10-11H2,(H2,18,19,21)/t15-/m0/s1. The molecule has 0 aromatic heterocycles. The number of thiocarbonyl (C=S) groups is 1. The van der Waals surface area contributed by atoms with E-state index in [1.807, 2.05) is 42.5 Å². The number of aliphatic hydroxyl groups excluding tert-OH is 1. The van der Waals surface area contributed by atoms with E-state index in [9.17, 15) is 5.11 Å². The summed E-state index contributed by atoms with van der Waals surface area (Å²) < 4.78 is 0. The van der Waals surface area contributed by atoms with E-state index >= 15 is 0 Å². The zero-order valence-electron chi connectivity index (χ0n) is 11.4. The zero-order chi connectivity index (χ0) is 15.1. The number of rotatable bonds is 5. The number of aliphatic hydroxyl groups is 1. The van der Waals surface area contributed by atoms with Gasteiger partial charge in [-0.3, -0.25) is 0 Å². The average molecular weight is 321 g/mol. The SMILES string of the molecule is OC[C@H](Cc1ccccc1)NC(=S)Nc1ccc(Cl)cc1. The van der Waals surface area contributed by atoms with Crippen LogP contribution in [0, 0.1) is 0 Å². The fourth-order valence-electron chi connectivity index (χ4n) is 1.95. The summed E-state index contributed by atoms with van der Waals surface area (Å²) in [7, 11) is 0. The molecule has 0 unspecified atom stereocenters. The highest BCUT2D eigenvalue weighted by molar-refractivity contribution is 7.80. The van der Waals surface area contributed by atoms with E-state index in [1.165, 1.54) is 0 Å². The average Bonchev–Trinajstić information content (AvgIpc) is 2.50. The largest absolute Gasteiger partial charge is 0.394 e. The summed E-state index contributed by atoms with van der Waals surface area (Å²) in [5.41, 5.74) is 2.01. The maximum atomic E-state index is 9.47. The van der Waals surface area contributed by atoms with Crippen molar-refractivity contribution in [2.45, 2.75) is 12.5 Å². The highest BCUT2D eigenvalue weighted by atomic mass is 35.5. The Bertz CT molecular complexity index is 575. The number of benzene rings is 2. The zero-order valence-corrected chi connectivity index (χ0v) is 13.0. The number of hydrogen-bond acceptors (Lipinski definition) is 2. The minimum atomic E-state index is -0.125. The van der Waals surface area contributed by atoms with Crippen LogP contribution in [0.15, 0.2) is 54.6 Å². The molecule has 0 spiro atoms. The van der Waals surface area contributed by atoms with Crippen LogP contribution in [0.5, 0.6) is 0 Å². The number of halogens is 1. The molecule has 0 fully saturated rings. The van der Waals surface area contributed by atoms with E-state index in [4.69, 9.17) is 23.8 Å². The van der Waals surface area contributed by atoms with Gasteiger partial charge in [0.1, 0.15) is 0 Å². The van der Waals surface area contributed by atoms with Crippen molar-refractivity contribution in [1.82, 2.24) is 5.32 Å². The summed E-state index contributed by atoms with van der Waals surface area (Å²) in [6, 6.07) is 17.1. The monoisotopic (exact) mass is 320 g/mol. The predicted octanol–water partition coefficient (Wildman–Crippen LogP) is 3.23. The second-order valence-corrected chi connectivity index (χ2v) is 5.52. The van der Waals surface area contributed by atoms with Gasteiger partial charge in [-0.25, -0.2) is 0 Å². The van der Waals surface area contributed by atoms with Crippen LogP contribution in [0.4, 0.5) is 5.69 Å². The molecule has 0 aliphatic heterocycles. The molecule has 2 aromatic carbocycles. The van der Waals surface area contributed by atoms with Crippen molar-refractivity contribution in [3.8, 4) is 0 Å². The molecule has 0 saturated carbocycles. The Balaban J connectivity index is 1.89. The van der Waals surface area contributed by atoms with Crippen molar-refractivity contribution in [3.63, 3.8) is 0 Å². The lowest BCUT2D eigenvalue weighted by Gasteiger charge is -2.19. The van der Waals surface area contributed by atoms with Gasteiger partial charge in [-0.2, -0.15) is 0 Å². The number of anilines is 1. The topological polar surface area (TPSA) is 44.3 Å². The van der Waals surface area contributed by atoms with Gasteiger partial charge < -0.3 is 15.7 Å². The maximum Gasteiger partial charge on any atom is 0.171 e. The van der Waals surface area contributed by atoms with E-state index in [0.29, 0.717) is 16.6 Å². The van der Waals surface area contributed by atoms with Gasteiger partial charge in [0.25, 0.3) is 0 Å². The summed E-state index contributed by atoms with van der Waals surface area (Å²) in [5.74, 6) is 0. The van der Waals surface area contributed by atoms with Gasteiger partial charge in [0, 0.05) is 10.7 Å². The van der Waals surface area contributed by atoms with Crippen LogP contribution < -0.4 is 10.6 Å². The third-order valence-corrected chi connectivity index (χ3v) is 3.45. The van der Waals surface area contributed by atoms with Gasteiger partial charge in [0.05, 0.1) is 12.6 Å². The molecule has 0 heterocycles. The second kappa shape index (κ2) is 7.98. The van der Waals surface area contributed by atoms with Crippen LogP contribution >= 0.6 is 23.8 Å². The first-order valence-electron chi connectivity index (χ1n) is 6.65. The van der Waals surface area contributed by atoms with E-state index < -0.39 is 0 Å². The van der Waals surface area contributed by atoms with Crippen LogP contribution in [0.3, 0.4) is 0 Å². The number of nitrogens with one attached hydrogen (secondary N) is 2. The molecule has 5 heteroatoms. The van der Waals surface area contributed by atoms with Gasteiger partial charge in [-0.05, 0) is 48.5 Å². The summed E-state index contributed by atoms with van der Waals surface area (Å²) in [6.07, 6.45) is 0.708. The fraction of sp³-hybridized carbons (Fsp3) is 0.188. The summed E-state index contributed by atoms with van der Waals surface area (Å²) in [5, 5.41) is 16.8. The highest BCUT2D eigenvalue weighted by Crippen LogP contribution is 2.13. The van der Waals surface area contributed by atoms with Gasteiger partial charge in [0.2, 0.25) is 0 Å². The predicted molar refractivity (Wildman–Crippen MR) is 91.8 cm³/mol. The van der Waals surface area contributed by atoms with Gasteiger partial charge in [0.15, 0.2) is 5.11 Å². The molecular formula is C16H17ClN2OS. The van der Waals surface area contributed by atoms with Crippen molar-refractivity contribution in [1.29, 1.82) is 0 Å². The van der Waals surface area contributed by atoms with E-state index in [2.05, 4.69) is 10.6 Å². The molecule has 2 rings (SSSR count). The van der Waals surface area contributed by atoms with Crippen molar-refractivity contribution in [2.75, 3.05) is 11.9 Å². The Morgan fingerprint density at radius 1 is 1.10 bits per heavy atom. The molecule has 110 valence electrons.